The number of nitrogens with one attached hydrogen (secondary N) is 1. The van der Waals surface area contributed by atoms with E-state index in [1.807, 2.05) is 0 Å². The summed E-state index contributed by atoms with van der Waals surface area (Å²) in [7, 11) is 0. The predicted octanol–water partition coefficient (Wildman–Crippen LogP) is 2.03. The lowest BCUT2D eigenvalue weighted by atomic mass is 10.2. The van der Waals surface area contributed by atoms with Crippen LogP contribution in [0.25, 0.3) is 10.9 Å². The maximum absolute atomic E-state index is 9.16. The number of hydrogen-bond donors (Lipinski definition) is 2. The van der Waals surface area contributed by atoms with Crippen molar-refractivity contribution in [1.29, 1.82) is 0 Å². The fraction of sp³-hybridized carbons (Fsp3) is 0. The van der Waals surface area contributed by atoms with E-state index in [-0.39, 0.29) is 5.75 Å². The molecule has 56 valence electrons. The largest absolute Gasteiger partial charge is 0.508 e. The second-order valence-electron chi connectivity index (χ2n) is 2.26. The van der Waals surface area contributed by atoms with Crippen molar-refractivity contribution in [2.75, 3.05) is 0 Å². The maximum Gasteiger partial charge on any atom is 0.117 e. The number of aromatic nitrogens is 2. The molecule has 3 nitrogen and oxygen atoms in total. The number of nitrogens with zero attached hydrogens (tertiary/aromatic N) is 1. The average molecular weight is 213 g/mol. The highest BCUT2D eigenvalue weighted by atomic mass is 79.9. The molecule has 0 fully saturated rings. The molecular formula is C7H5BrN2O. The maximum atomic E-state index is 9.16. The molecule has 0 bridgehead atoms. The fourth-order valence-corrected chi connectivity index (χ4v) is 1.55. The van der Waals surface area contributed by atoms with Gasteiger partial charge in [-0.2, -0.15) is 5.10 Å². The van der Waals surface area contributed by atoms with Gasteiger partial charge < -0.3 is 5.11 Å². The monoisotopic (exact) mass is 212 g/mol. The molecule has 11 heavy (non-hydrogen) atoms. The van der Waals surface area contributed by atoms with E-state index in [9.17, 15) is 0 Å². The molecule has 1 aromatic heterocycles. The van der Waals surface area contributed by atoms with Crippen molar-refractivity contribution < 1.29 is 5.11 Å². The van der Waals surface area contributed by atoms with Gasteiger partial charge in [0.2, 0.25) is 0 Å². The first-order chi connectivity index (χ1) is 5.27. The smallest absolute Gasteiger partial charge is 0.117 e. The van der Waals surface area contributed by atoms with Gasteiger partial charge >= 0.3 is 0 Å². The molecule has 2 rings (SSSR count). The molecular weight excluding hydrogens is 208 g/mol. The molecule has 0 unspecified atom stereocenters. The Morgan fingerprint density at radius 3 is 3.09 bits per heavy atom. The minimum atomic E-state index is 0.241. The van der Waals surface area contributed by atoms with Gasteiger partial charge in [0, 0.05) is 9.86 Å². The van der Waals surface area contributed by atoms with Crippen molar-refractivity contribution in [3.8, 4) is 5.75 Å². The zero-order valence-electron chi connectivity index (χ0n) is 5.50. The van der Waals surface area contributed by atoms with Crippen LogP contribution in [0.1, 0.15) is 0 Å². The Kier molecular flexibility index (Phi) is 1.35. The second-order valence-corrected chi connectivity index (χ2v) is 3.12. The first-order valence-corrected chi connectivity index (χ1v) is 3.88. The lowest BCUT2D eigenvalue weighted by molar-refractivity contribution is 0.476. The normalized spacial score (nSPS) is 10.6. The van der Waals surface area contributed by atoms with E-state index in [0.29, 0.717) is 0 Å². The number of phenolic OH excluding ortho intramolecular Hbond substituents is 1. The molecule has 0 aliphatic rings. The van der Waals surface area contributed by atoms with Gasteiger partial charge in [-0.05, 0) is 28.1 Å². The number of phenols is 1. The summed E-state index contributed by atoms with van der Waals surface area (Å²) in [5.74, 6) is 0.241. The molecule has 0 aliphatic carbocycles. The highest BCUT2D eigenvalue weighted by Gasteiger charge is 2.01. The summed E-state index contributed by atoms with van der Waals surface area (Å²) in [4.78, 5) is 0. The lowest BCUT2D eigenvalue weighted by Crippen LogP contribution is -1.71. The molecule has 0 radical (unpaired) electrons. The van der Waals surface area contributed by atoms with E-state index < -0.39 is 0 Å². The van der Waals surface area contributed by atoms with Crippen LogP contribution in [0.2, 0.25) is 0 Å². The van der Waals surface area contributed by atoms with Crippen molar-refractivity contribution in [2.45, 2.75) is 0 Å². The summed E-state index contributed by atoms with van der Waals surface area (Å²) >= 11 is 3.30. The Bertz CT molecular complexity index is 396. The predicted molar refractivity (Wildman–Crippen MR) is 45.5 cm³/mol. The van der Waals surface area contributed by atoms with Crippen molar-refractivity contribution in [1.82, 2.24) is 10.2 Å². The number of benzene rings is 1. The van der Waals surface area contributed by atoms with E-state index in [4.69, 9.17) is 5.11 Å². The summed E-state index contributed by atoms with van der Waals surface area (Å²) in [5, 5.41) is 16.7. The van der Waals surface area contributed by atoms with Crippen LogP contribution in [-0.4, -0.2) is 15.3 Å². The zero-order chi connectivity index (χ0) is 7.84. The first kappa shape index (κ1) is 6.67. The molecule has 0 atom stereocenters. The molecule has 1 aromatic carbocycles. The van der Waals surface area contributed by atoms with Crippen LogP contribution in [0, 0.1) is 0 Å². The minimum absolute atomic E-state index is 0.241. The third-order valence-corrected chi connectivity index (χ3v) is 2.11. The molecule has 4 heteroatoms. The summed E-state index contributed by atoms with van der Waals surface area (Å²) in [6.07, 6.45) is 1.67. The van der Waals surface area contributed by atoms with Gasteiger partial charge in [0.15, 0.2) is 0 Å². The van der Waals surface area contributed by atoms with Gasteiger partial charge in [0.05, 0.1) is 11.7 Å². The van der Waals surface area contributed by atoms with Crippen molar-refractivity contribution in [3.05, 3.63) is 22.8 Å². The van der Waals surface area contributed by atoms with Crippen LogP contribution in [0.5, 0.6) is 5.75 Å². The number of H-pyrrole nitrogens is 1. The van der Waals surface area contributed by atoms with Crippen LogP contribution < -0.4 is 0 Å². The number of halogens is 1. The number of hydrogen-bond acceptors (Lipinski definition) is 2. The first-order valence-electron chi connectivity index (χ1n) is 3.09. The van der Waals surface area contributed by atoms with Crippen molar-refractivity contribution >= 4 is 26.8 Å². The summed E-state index contributed by atoms with van der Waals surface area (Å²) < 4.78 is 0.824. The number of fused-ring (bicyclic) bond motifs is 1. The van der Waals surface area contributed by atoms with Crippen LogP contribution in [-0.2, 0) is 0 Å². The van der Waals surface area contributed by atoms with Crippen molar-refractivity contribution in [2.24, 2.45) is 0 Å². The van der Waals surface area contributed by atoms with E-state index in [2.05, 4.69) is 26.1 Å². The number of rotatable bonds is 0. The highest BCUT2D eigenvalue weighted by Crippen LogP contribution is 2.26. The lowest BCUT2D eigenvalue weighted by Gasteiger charge is -1.94. The number of aromatic hydroxyl groups is 1. The highest BCUT2D eigenvalue weighted by molar-refractivity contribution is 9.10. The van der Waals surface area contributed by atoms with Crippen LogP contribution in [0.15, 0.2) is 22.8 Å². The Labute approximate surface area is 71.2 Å². The van der Waals surface area contributed by atoms with Gasteiger partial charge in [-0.25, -0.2) is 0 Å². The summed E-state index contributed by atoms with van der Waals surface area (Å²) in [6, 6.07) is 3.28. The van der Waals surface area contributed by atoms with Crippen LogP contribution in [0.3, 0.4) is 0 Å². The molecule has 0 amide bonds. The van der Waals surface area contributed by atoms with E-state index in [1.165, 1.54) is 0 Å². The molecule has 0 spiro atoms. The van der Waals surface area contributed by atoms with Crippen molar-refractivity contribution in [3.63, 3.8) is 0 Å². The molecule has 0 aliphatic heterocycles. The van der Waals surface area contributed by atoms with Gasteiger partial charge in [0.1, 0.15) is 5.75 Å². The van der Waals surface area contributed by atoms with Gasteiger partial charge in [0.25, 0.3) is 0 Å². The SMILES string of the molecule is Oc1cc(Br)c2[nH]ncc2c1. The zero-order valence-corrected chi connectivity index (χ0v) is 7.09. The topological polar surface area (TPSA) is 48.9 Å². The van der Waals surface area contributed by atoms with Crippen LogP contribution >= 0.6 is 15.9 Å². The Hall–Kier alpha value is -1.03. The molecule has 2 aromatic rings. The van der Waals surface area contributed by atoms with Gasteiger partial charge in [-0.3, -0.25) is 5.10 Å². The van der Waals surface area contributed by atoms with E-state index >= 15 is 0 Å². The van der Waals surface area contributed by atoms with Gasteiger partial charge in [-0.15, -0.1) is 0 Å². The Balaban J connectivity index is 2.91. The summed E-state index contributed by atoms with van der Waals surface area (Å²) in [6.45, 7) is 0. The van der Waals surface area contributed by atoms with E-state index in [1.54, 1.807) is 18.3 Å². The summed E-state index contributed by atoms with van der Waals surface area (Å²) in [5.41, 5.74) is 0.905. The van der Waals surface area contributed by atoms with Crippen LogP contribution in [0.4, 0.5) is 0 Å². The standard InChI is InChI=1S/C7H5BrN2O/c8-6-2-5(11)1-4-3-9-10-7(4)6/h1-3,11H,(H,9,10). The molecule has 2 N–H and O–H groups in total. The molecule has 0 saturated heterocycles. The third kappa shape index (κ3) is 0.991. The quantitative estimate of drug-likeness (QED) is 0.703. The fourth-order valence-electron chi connectivity index (χ4n) is 0.999. The van der Waals surface area contributed by atoms with Gasteiger partial charge in [-0.1, -0.05) is 0 Å². The molecule has 0 saturated carbocycles. The number of aromatic amines is 1. The Morgan fingerprint density at radius 1 is 1.45 bits per heavy atom. The second kappa shape index (κ2) is 2.23. The third-order valence-electron chi connectivity index (χ3n) is 1.49. The minimum Gasteiger partial charge on any atom is -0.508 e. The Morgan fingerprint density at radius 2 is 2.27 bits per heavy atom. The average Bonchev–Trinajstić information content (AvgIpc) is 2.34. The molecule has 1 heterocycles. The van der Waals surface area contributed by atoms with E-state index in [0.717, 1.165) is 15.4 Å².